The van der Waals surface area contributed by atoms with Crippen LogP contribution in [0.1, 0.15) is 47.6 Å². The van der Waals surface area contributed by atoms with Crippen LogP contribution in [0.3, 0.4) is 0 Å². The van der Waals surface area contributed by atoms with Crippen molar-refractivity contribution in [3.63, 3.8) is 0 Å². The number of carbonyl (C=O) groups excluding carboxylic acids is 3. The van der Waals surface area contributed by atoms with Crippen molar-refractivity contribution >= 4 is 17.7 Å². The first-order valence-electron chi connectivity index (χ1n) is 12.3. The molecule has 36 heavy (non-hydrogen) atoms. The Labute approximate surface area is 211 Å². The van der Waals surface area contributed by atoms with Gasteiger partial charge in [0.1, 0.15) is 0 Å². The number of fused-ring (bicyclic) bond motifs is 3. The summed E-state index contributed by atoms with van der Waals surface area (Å²) in [5.74, 6) is -0.807. The Balaban J connectivity index is 1.47. The number of rotatable bonds is 8. The maximum atomic E-state index is 13.8. The van der Waals surface area contributed by atoms with E-state index in [0.29, 0.717) is 13.0 Å². The molecule has 5 rings (SSSR count). The molecule has 0 aromatic heterocycles. The molecular formula is C30H30N2O4. The van der Waals surface area contributed by atoms with Crippen LogP contribution in [0.5, 0.6) is 0 Å². The van der Waals surface area contributed by atoms with Gasteiger partial charge in [-0.1, -0.05) is 72.8 Å². The summed E-state index contributed by atoms with van der Waals surface area (Å²) in [5, 5.41) is 3.19. The second-order valence-electron chi connectivity index (χ2n) is 9.62. The van der Waals surface area contributed by atoms with E-state index >= 15 is 0 Å². The number of nitrogens with zero attached hydrogens (tertiary/aromatic N) is 1. The van der Waals surface area contributed by atoms with E-state index in [2.05, 4.69) is 17.4 Å². The summed E-state index contributed by atoms with van der Waals surface area (Å²) in [6, 6.07) is 23.3. The molecule has 2 aliphatic rings. The number of imide groups is 1. The molecule has 0 spiro atoms. The summed E-state index contributed by atoms with van der Waals surface area (Å²) >= 11 is 0. The van der Waals surface area contributed by atoms with E-state index in [1.807, 2.05) is 67.6 Å². The summed E-state index contributed by atoms with van der Waals surface area (Å²) in [7, 11) is 1.59. The monoisotopic (exact) mass is 482 g/mol. The predicted octanol–water partition coefficient (Wildman–Crippen LogP) is 4.30. The highest BCUT2D eigenvalue weighted by Crippen LogP contribution is 2.45. The van der Waals surface area contributed by atoms with E-state index in [1.165, 1.54) is 4.90 Å². The first-order valence-corrected chi connectivity index (χ1v) is 12.3. The van der Waals surface area contributed by atoms with Crippen LogP contribution in [0, 0.1) is 6.92 Å². The lowest BCUT2D eigenvalue weighted by atomic mass is 9.74. The molecule has 1 fully saturated rings. The second kappa shape index (κ2) is 9.70. The van der Waals surface area contributed by atoms with Crippen LogP contribution in [0.2, 0.25) is 0 Å². The van der Waals surface area contributed by atoms with Gasteiger partial charge in [0.15, 0.2) is 0 Å². The van der Waals surface area contributed by atoms with Crippen LogP contribution in [0.15, 0.2) is 72.8 Å². The molecule has 3 aromatic rings. The Morgan fingerprint density at radius 3 is 2.22 bits per heavy atom. The van der Waals surface area contributed by atoms with Crippen LogP contribution in [-0.2, 0) is 24.5 Å². The van der Waals surface area contributed by atoms with Crippen molar-refractivity contribution in [1.82, 2.24) is 10.2 Å². The number of ether oxygens (including phenoxy) is 1. The summed E-state index contributed by atoms with van der Waals surface area (Å²) in [5.41, 5.74) is 4.67. The molecule has 0 bridgehead atoms. The molecule has 1 heterocycles. The number of carbonyl (C=O) groups is 3. The minimum Gasteiger partial charge on any atom is -0.385 e. The average molecular weight is 483 g/mol. The molecule has 6 heteroatoms. The highest BCUT2D eigenvalue weighted by atomic mass is 16.5. The molecule has 3 amide bonds. The third kappa shape index (κ3) is 4.01. The average Bonchev–Trinajstić information content (AvgIpc) is 3.31. The lowest BCUT2D eigenvalue weighted by Crippen LogP contribution is -2.43. The third-order valence-corrected chi connectivity index (χ3v) is 7.40. The minimum atomic E-state index is -1.22. The largest absolute Gasteiger partial charge is 0.385 e. The maximum absolute atomic E-state index is 13.8. The Hall–Kier alpha value is -3.77. The van der Waals surface area contributed by atoms with Gasteiger partial charge >= 0.3 is 0 Å². The molecule has 1 atom stereocenters. The number of methoxy groups -OCH3 is 1. The summed E-state index contributed by atoms with van der Waals surface area (Å²) < 4.78 is 5.11. The minimum absolute atomic E-state index is 0.0189. The van der Waals surface area contributed by atoms with E-state index in [1.54, 1.807) is 7.11 Å². The molecule has 1 aliphatic carbocycles. The highest BCUT2D eigenvalue weighted by Gasteiger charge is 2.54. The maximum Gasteiger partial charge on any atom is 0.240 e. The molecule has 184 valence electrons. The fourth-order valence-corrected chi connectivity index (χ4v) is 5.74. The van der Waals surface area contributed by atoms with Crippen LogP contribution in [-0.4, -0.2) is 42.9 Å². The standard InChI is InChI=1S/C30H30N2O4/c1-20-10-3-8-15-25(20)30(19-27(34)32(29(30)35)16-9-17-36-2)18-26(33)31-28-23-13-6-4-11-21(23)22-12-5-7-14-24(22)28/h3-8,10-15,28H,9,16-19H2,1-2H3,(H,31,33). The summed E-state index contributed by atoms with van der Waals surface area (Å²) in [6.45, 7) is 2.66. The van der Waals surface area contributed by atoms with E-state index in [4.69, 9.17) is 4.74 Å². The number of benzene rings is 3. The molecule has 0 saturated carbocycles. The van der Waals surface area contributed by atoms with Gasteiger partial charge in [-0.2, -0.15) is 0 Å². The van der Waals surface area contributed by atoms with Crippen molar-refractivity contribution in [2.45, 2.75) is 37.6 Å². The zero-order valence-corrected chi connectivity index (χ0v) is 20.6. The molecule has 1 N–H and O–H groups in total. The Kier molecular flexibility index (Phi) is 6.46. The van der Waals surface area contributed by atoms with E-state index in [0.717, 1.165) is 33.4 Å². The molecule has 0 radical (unpaired) electrons. The highest BCUT2D eigenvalue weighted by molar-refractivity contribution is 6.11. The van der Waals surface area contributed by atoms with Gasteiger partial charge in [-0.15, -0.1) is 0 Å². The van der Waals surface area contributed by atoms with E-state index in [-0.39, 0.29) is 43.1 Å². The predicted molar refractivity (Wildman–Crippen MR) is 137 cm³/mol. The molecule has 3 aromatic carbocycles. The van der Waals surface area contributed by atoms with Gasteiger partial charge < -0.3 is 10.1 Å². The van der Waals surface area contributed by atoms with Crippen molar-refractivity contribution in [3.05, 3.63) is 95.1 Å². The molecule has 1 unspecified atom stereocenters. The molecule has 6 nitrogen and oxygen atoms in total. The van der Waals surface area contributed by atoms with Gasteiger partial charge in [-0.3, -0.25) is 19.3 Å². The Bertz CT molecular complexity index is 1290. The van der Waals surface area contributed by atoms with Crippen molar-refractivity contribution in [2.75, 3.05) is 20.3 Å². The van der Waals surface area contributed by atoms with Gasteiger partial charge in [0, 0.05) is 33.1 Å². The van der Waals surface area contributed by atoms with Gasteiger partial charge in [0.2, 0.25) is 17.7 Å². The van der Waals surface area contributed by atoms with Crippen LogP contribution in [0.25, 0.3) is 11.1 Å². The number of amides is 3. The van der Waals surface area contributed by atoms with E-state index < -0.39 is 5.41 Å². The van der Waals surface area contributed by atoms with Crippen molar-refractivity contribution in [1.29, 1.82) is 0 Å². The van der Waals surface area contributed by atoms with E-state index in [9.17, 15) is 14.4 Å². The van der Waals surface area contributed by atoms with Gasteiger partial charge in [0.25, 0.3) is 0 Å². The first kappa shape index (κ1) is 23.9. The molecule has 1 aliphatic heterocycles. The number of likely N-dealkylation sites (tertiary alicyclic amines) is 1. The SMILES string of the molecule is COCCCN1C(=O)CC(CC(=O)NC2c3ccccc3-c3ccccc32)(c2ccccc2C)C1=O. The quantitative estimate of drug-likeness (QED) is 0.384. The molecule has 1 saturated heterocycles. The lowest BCUT2D eigenvalue weighted by molar-refractivity contribution is -0.141. The van der Waals surface area contributed by atoms with Crippen LogP contribution < -0.4 is 5.32 Å². The van der Waals surface area contributed by atoms with Gasteiger partial charge in [0.05, 0.1) is 11.5 Å². The second-order valence-corrected chi connectivity index (χ2v) is 9.62. The van der Waals surface area contributed by atoms with Gasteiger partial charge in [-0.05, 0) is 46.7 Å². The molecular weight excluding hydrogens is 452 g/mol. The number of hydrogen-bond donors (Lipinski definition) is 1. The third-order valence-electron chi connectivity index (χ3n) is 7.40. The number of aryl methyl sites for hydroxylation is 1. The van der Waals surface area contributed by atoms with Gasteiger partial charge in [-0.25, -0.2) is 0 Å². The zero-order chi connectivity index (χ0) is 25.3. The van der Waals surface area contributed by atoms with Crippen LogP contribution in [0.4, 0.5) is 0 Å². The summed E-state index contributed by atoms with van der Waals surface area (Å²) in [4.78, 5) is 41.9. The lowest BCUT2D eigenvalue weighted by Gasteiger charge is -2.29. The first-order chi connectivity index (χ1) is 17.5. The topological polar surface area (TPSA) is 75.7 Å². The van der Waals surface area contributed by atoms with Crippen molar-refractivity contribution in [2.24, 2.45) is 0 Å². The fraction of sp³-hybridized carbons (Fsp3) is 0.300. The van der Waals surface area contributed by atoms with Crippen molar-refractivity contribution < 1.29 is 19.1 Å². The van der Waals surface area contributed by atoms with Crippen LogP contribution >= 0.6 is 0 Å². The smallest absolute Gasteiger partial charge is 0.240 e. The fourth-order valence-electron chi connectivity index (χ4n) is 5.74. The Morgan fingerprint density at radius 2 is 1.58 bits per heavy atom. The number of nitrogens with one attached hydrogen (secondary N) is 1. The zero-order valence-electron chi connectivity index (χ0n) is 20.6. The van der Waals surface area contributed by atoms with Crippen molar-refractivity contribution in [3.8, 4) is 11.1 Å². The Morgan fingerprint density at radius 1 is 0.972 bits per heavy atom. The normalized spacial score (nSPS) is 18.9. The number of hydrogen-bond acceptors (Lipinski definition) is 4. The summed E-state index contributed by atoms with van der Waals surface area (Å²) in [6.07, 6.45) is 0.443.